The van der Waals surface area contributed by atoms with Crippen LogP contribution in [0.2, 0.25) is 0 Å². The lowest BCUT2D eigenvalue weighted by Gasteiger charge is -2.33. The number of carbonyl (C=O) groups is 1. The van der Waals surface area contributed by atoms with E-state index in [1.54, 1.807) is 0 Å². The fourth-order valence-electron chi connectivity index (χ4n) is 3.27. The predicted molar refractivity (Wildman–Crippen MR) is 107 cm³/mol. The summed E-state index contributed by atoms with van der Waals surface area (Å²) in [4.78, 5) is 14.7. The molecule has 0 spiro atoms. The molecule has 0 bridgehead atoms. The van der Waals surface area contributed by atoms with Crippen molar-refractivity contribution in [1.82, 2.24) is 4.90 Å². The molecule has 0 atom stereocenters. The highest BCUT2D eigenvalue weighted by atomic mass is 16.1. The monoisotopic (exact) mass is 333 g/mol. The average Bonchev–Trinajstić information content (AvgIpc) is 2.51. The summed E-state index contributed by atoms with van der Waals surface area (Å²) in [7, 11) is 0. The molecule has 0 unspecified atom stereocenters. The number of hydrogen-bond acceptors (Lipinski definition) is 2. The zero-order valence-electron chi connectivity index (χ0n) is 15.9. The summed E-state index contributed by atoms with van der Waals surface area (Å²) < 4.78 is 0. The van der Waals surface area contributed by atoms with E-state index in [1.165, 1.54) is 38.0 Å². The summed E-state index contributed by atoms with van der Waals surface area (Å²) in [5.41, 5.74) is 2.21. The van der Waals surface area contributed by atoms with Crippen molar-refractivity contribution >= 4 is 5.78 Å². The number of piperidine rings is 1. The second-order valence-electron chi connectivity index (χ2n) is 7.35. The summed E-state index contributed by atoms with van der Waals surface area (Å²) in [5.74, 6) is 1.66. The summed E-state index contributed by atoms with van der Waals surface area (Å²) in [6.45, 7) is 16.1. The first-order chi connectivity index (χ1) is 10.9. The van der Waals surface area contributed by atoms with E-state index in [9.17, 15) is 4.79 Å². The number of rotatable bonds is 7. The Morgan fingerprint density at radius 2 is 1.62 bits per heavy atom. The molecule has 1 rings (SSSR count). The molecule has 0 aliphatic carbocycles. The van der Waals surface area contributed by atoms with Gasteiger partial charge in [-0.3, -0.25) is 4.79 Å². The Hall–Kier alpha value is -1.15. The van der Waals surface area contributed by atoms with Gasteiger partial charge in [0.05, 0.1) is 0 Å². The van der Waals surface area contributed by atoms with Crippen LogP contribution >= 0.6 is 0 Å². The van der Waals surface area contributed by atoms with Crippen LogP contribution < -0.4 is 0 Å². The molecule has 24 heavy (non-hydrogen) atoms. The Morgan fingerprint density at radius 1 is 1.04 bits per heavy atom. The summed E-state index contributed by atoms with van der Waals surface area (Å²) in [6.07, 6.45) is 10.8. The first-order valence-electron chi connectivity index (χ1n) is 9.16. The molecular weight excluding hydrogens is 294 g/mol. The number of nitrogens with zero attached hydrogens (tertiary/aromatic N) is 1. The maximum absolute atomic E-state index is 12.2. The third-order valence-electron chi connectivity index (χ3n) is 4.59. The third kappa shape index (κ3) is 7.17. The second-order valence-corrected chi connectivity index (χ2v) is 7.35. The van der Waals surface area contributed by atoms with Crippen LogP contribution in [0.15, 0.2) is 35.5 Å². The molecule has 0 amide bonds. The summed E-state index contributed by atoms with van der Waals surface area (Å²) in [5, 5.41) is 0. The van der Waals surface area contributed by atoms with Crippen LogP contribution in [0.4, 0.5) is 0 Å². The minimum atomic E-state index is 0. The fourth-order valence-corrected chi connectivity index (χ4v) is 3.27. The number of likely N-dealkylation sites (tertiary alicyclic amines) is 1. The fraction of sp³-hybridized carbons (Fsp3) is 0.682. The van der Waals surface area contributed by atoms with Crippen molar-refractivity contribution in [2.45, 2.75) is 61.8 Å². The summed E-state index contributed by atoms with van der Waals surface area (Å²) >= 11 is 0. The molecule has 138 valence electrons. The van der Waals surface area contributed by atoms with Crippen LogP contribution in [-0.2, 0) is 4.79 Å². The van der Waals surface area contributed by atoms with E-state index < -0.39 is 0 Å². The van der Waals surface area contributed by atoms with Crippen LogP contribution in [0, 0.1) is 17.8 Å². The number of allylic oxidation sites excluding steroid dienone is 6. The van der Waals surface area contributed by atoms with Gasteiger partial charge in [-0.25, -0.2) is 0 Å². The molecule has 1 heterocycles. The lowest BCUT2D eigenvalue weighted by atomic mass is 9.87. The maximum atomic E-state index is 12.2. The highest BCUT2D eigenvalue weighted by Crippen LogP contribution is 2.26. The Labute approximate surface area is 150 Å². The SMILES string of the molecule is C.C\C=C(/C=C\C(=C/C)C(=O)C(C)C)C1CCN(CC(C)C)CC1. The van der Waals surface area contributed by atoms with Gasteiger partial charge in [0, 0.05) is 18.0 Å². The van der Waals surface area contributed by atoms with E-state index in [4.69, 9.17) is 0 Å². The van der Waals surface area contributed by atoms with Gasteiger partial charge in [-0.15, -0.1) is 0 Å². The van der Waals surface area contributed by atoms with Crippen molar-refractivity contribution in [3.63, 3.8) is 0 Å². The van der Waals surface area contributed by atoms with E-state index in [0.717, 1.165) is 11.5 Å². The quantitative estimate of drug-likeness (QED) is 0.442. The zero-order valence-corrected chi connectivity index (χ0v) is 15.9. The van der Waals surface area contributed by atoms with Crippen molar-refractivity contribution in [2.24, 2.45) is 17.8 Å². The van der Waals surface area contributed by atoms with Gasteiger partial charge in [-0.2, -0.15) is 0 Å². The molecule has 1 aliphatic heterocycles. The van der Waals surface area contributed by atoms with Gasteiger partial charge in [0.2, 0.25) is 0 Å². The Balaban J connectivity index is 0.00000529. The van der Waals surface area contributed by atoms with Gasteiger partial charge in [0.15, 0.2) is 5.78 Å². The first-order valence-corrected chi connectivity index (χ1v) is 9.16. The van der Waals surface area contributed by atoms with Crippen LogP contribution in [0.25, 0.3) is 0 Å². The van der Waals surface area contributed by atoms with Gasteiger partial charge < -0.3 is 4.90 Å². The molecule has 0 aromatic carbocycles. The number of Topliss-reactive ketones (excluding diaryl/α,β-unsaturated/α-hetero) is 1. The topological polar surface area (TPSA) is 20.3 Å². The molecule has 0 saturated carbocycles. The normalized spacial score (nSPS) is 18.5. The van der Waals surface area contributed by atoms with Crippen LogP contribution in [0.5, 0.6) is 0 Å². The maximum Gasteiger partial charge on any atom is 0.165 e. The van der Waals surface area contributed by atoms with Crippen LogP contribution in [-0.4, -0.2) is 30.3 Å². The lowest BCUT2D eigenvalue weighted by molar-refractivity contribution is -0.117. The summed E-state index contributed by atoms with van der Waals surface area (Å²) in [6, 6.07) is 0. The van der Waals surface area contributed by atoms with Crippen LogP contribution in [0.1, 0.15) is 61.8 Å². The molecule has 0 aromatic heterocycles. The Morgan fingerprint density at radius 3 is 2.04 bits per heavy atom. The average molecular weight is 334 g/mol. The van der Waals surface area contributed by atoms with E-state index in [1.807, 2.05) is 32.9 Å². The van der Waals surface area contributed by atoms with E-state index >= 15 is 0 Å². The van der Waals surface area contributed by atoms with Crippen molar-refractivity contribution < 1.29 is 4.79 Å². The highest BCUT2D eigenvalue weighted by Gasteiger charge is 2.21. The minimum Gasteiger partial charge on any atom is -0.303 e. The second kappa shape index (κ2) is 11.4. The predicted octanol–water partition coefficient (Wildman–Crippen LogP) is 5.66. The molecule has 0 aromatic rings. The molecule has 0 N–H and O–H groups in total. The van der Waals surface area contributed by atoms with E-state index in [-0.39, 0.29) is 19.1 Å². The van der Waals surface area contributed by atoms with Crippen molar-refractivity contribution in [3.05, 3.63) is 35.5 Å². The van der Waals surface area contributed by atoms with Gasteiger partial charge in [-0.1, -0.05) is 59.4 Å². The van der Waals surface area contributed by atoms with Crippen molar-refractivity contribution in [1.29, 1.82) is 0 Å². The van der Waals surface area contributed by atoms with Gasteiger partial charge in [0.25, 0.3) is 0 Å². The molecule has 1 saturated heterocycles. The number of carbonyl (C=O) groups excluding carboxylic acids is 1. The van der Waals surface area contributed by atoms with Gasteiger partial charge >= 0.3 is 0 Å². The zero-order chi connectivity index (χ0) is 17.4. The molecule has 2 heteroatoms. The van der Waals surface area contributed by atoms with Crippen molar-refractivity contribution in [2.75, 3.05) is 19.6 Å². The molecule has 1 fully saturated rings. The number of ketones is 1. The Bertz CT molecular complexity index is 460. The van der Waals surface area contributed by atoms with Gasteiger partial charge in [0.1, 0.15) is 0 Å². The highest BCUT2D eigenvalue weighted by molar-refractivity contribution is 5.99. The lowest BCUT2D eigenvalue weighted by Crippen LogP contribution is -2.36. The standard InChI is InChI=1S/C21H35NO.CH4/c1-7-18(9-10-19(8-2)21(23)17(5)6)20-11-13-22(14-12-20)15-16(3)4;/h7-10,16-17,20H,11-15H2,1-6H3;1H4/b10-9-,18-7+,19-8+;. The molecule has 1 aliphatic rings. The van der Waals surface area contributed by atoms with Crippen LogP contribution in [0.3, 0.4) is 0 Å². The van der Waals surface area contributed by atoms with E-state index in [0.29, 0.717) is 5.92 Å². The Kier molecular flexibility index (Phi) is 10.9. The molecule has 2 nitrogen and oxygen atoms in total. The first kappa shape index (κ1) is 22.9. The third-order valence-corrected chi connectivity index (χ3v) is 4.59. The largest absolute Gasteiger partial charge is 0.303 e. The molecular formula is C22H39NO. The minimum absolute atomic E-state index is 0. The molecule has 0 radical (unpaired) electrons. The van der Waals surface area contributed by atoms with E-state index in [2.05, 4.69) is 37.8 Å². The van der Waals surface area contributed by atoms with Gasteiger partial charge in [-0.05, 0) is 57.2 Å². The van der Waals surface area contributed by atoms with Crippen molar-refractivity contribution in [3.8, 4) is 0 Å². The number of hydrogen-bond donors (Lipinski definition) is 0. The smallest absolute Gasteiger partial charge is 0.165 e.